The monoisotopic (exact) mass is 320 g/mol. The lowest BCUT2D eigenvalue weighted by molar-refractivity contribution is -0.124. The number of methoxy groups -OCH3 is 1. The Kier molecular flexibility index (Phi) is 5.63. The summed E-state index contributed by atoms with van der Waals surface area (Å²) in [6.45, 7) is 5.97. The number of thioether (sulfide) groups is 1. The first-order valence-electron chi connectivity index (χ1n) is 7.20. The van der Waals surface area contributed by atoms with E-state index in [4.69, 9.17) is 4.74 Å². The number of rotatable bonds is 6. The standard InChI is InChI=1S/C16H20N2O3S/c1-4-17(5-2)11-18-15(19)14(22-16(18)20)10-12-6-8-13(21-3)9-7-12/h6-10H,4-5,11H2,1-3H3/b14-10+. The molecule has 22 heavy (non-hydrogen) atoms. The van der Waals surface area contributed by atoms with E-state index in [1.807, 2.05) is 43.0 Å². The molecule has 1 aromatic carbocycles. The van der Waals surface area contributed by atoms with Crippen molar-refractivity contribution in [3.05, 3.63) is 34.7 Å². The third-order valence-electron chi connectivity index (χ3n) is 3.52. The van der Waals surface area contributed by atoms with Crippen LogP contribution in [0.25, 0.3) is 6.08 Å². The van der Waals surface area contributed by atoms with Crippen LogP contribution >= 0.6 is 11.8 Å². The summed E-state index contributed by atoms with van der Waals surface area (Å²) in [5.74, 6) is 0.532. The zero-order valence-electron chi connectivity index (χ0n) is 13.0. The lowest BCUT2D eigenvalue weighted by Gasteiger charge is -2.23. The van der Waals surface area contributed by atoms with Crippen molar-refractivity contribution in [2.45, 2.75) is 13.8 Å². The van der Waals surface area contributed by atoms with E-state index in [9.17, 15) is 9.59 Å². The Morgan fingerprint density at radius 1 is 1.18 bits per heavy atom. The number of imide groups is 1. The van der Waals surface area contributed by atoms with E-state index in [1.165, 1.54) is 4.90 Å². The van der Waals surface area contributed by atoms with E-state index in [1.54, 1.807) is 13.2 Å². The van der Waals surface area contributed by atoms with Crippen molar-refractivity contribution in [3.8, 4) is 5.75 Å². The molecule has 2 amide bonds. The molecule has 0 saturated carbocycles. The lowest BCUT2D eigenvalue weighted by atomic mass is 10.2. The minimum absolute atomic E-state index is 0.211. The Hall–Kier alpha value is -1.79. The van der Waals surface area contributed by atoms with E-state index in [0.29, 0.717) is 11.6 Å². The van der Waals surface area contributed by atoms with E-state index in [0.717, 1.165) is 36.2 Å². The molecule has 5 nitrogen and oxygen atoms in total. The Balaban J connectivity index is 2.14. The van der Waals surface area contributed by atoms with Crippen LogP contribution in [0.5, 0.6) is 5.75 Å². The Labute approximate surface area is 134 Å². The molecule has 1 fully saturated rings. The molecule has 6 heteroatoms. The van der Waals surface area contributed by atoms with E-state index in [-0.39, 0.29) is 11.1 Å². The van der Waals surface area contributed by atoms with Crippen LogP contribution in [0.4, 0.5) is 4.79 Å². The normalized spacial score (nSPS) is 16.9. The van der Waals surface area contributed by atoms with Gasteiger partial charge in [0.15, 0.2) is 0 Å². The van der Waals surface area contributed by atoms with Crippen LogP contribution in [0.3, 0.4) is 0 Å². The van der Waals surface area contributed by atoms with Crippen LogP contribution in [-0.2, 0) is 4.79 Å². The maximum absolute atomic E-state index is 12.4. The van der Waals surface area contributed by atoms with Gasteiger partial charge in [-0.15, -0.1) is 0 Å². The molecule has 0 unspecified atom stereocenters. The molecule has 1 aromatic rings. The maximum Gasteiger partial charge on any atom is 0.294 e. The summed E-state index contributed by atoms with van der Waals surface area (Å²) in [6, 6.07) is 7.37. The second-order valence-corrected chi connectivity index (χ2v) is 5.82. The predicted octanol–water partition coefficient (Wildman–Crippen LogP) is 3.03. The predicted molar refractivity (Wildman–Crippen MR) is 88.6 cm³/mol. The van der Waals surface area contributed by atoms with Crippen molar-refractivity contribution in [2.24, 2.45) is 0 Å². The number of carbonyl (C=O) groups excluding carboxylic acids is 2. The van der Waals surface area contributed by atoms with Gasteiger partial charge in [-0.3, -0.25) is 19.4 Å². The second kappa shape index (κ2) is 7.47. The fourth-order valence-corrected chi connectivity index (χ4v) is 2.93. The molecule has 1 aliphatic heterocycles. The molecular formula is C16H20N2O3S. The van der Waals surface area contributed by atoms with Gasteiger partial charge in [-0.1, -0.05) is 26.0 Å². The fraction of sp³-hybridized carbons (Fsp3) is 0.375. The van der Waals surface area contributed by atoms with Crippen LogP contribution in [0.2, 0.25) is 0 Å². The number of benzene rings is 1. The number of hydrogen-bond donors (Lipinski definition) is 0. The Bertz CT molecular complexity index is 580. The van der Waals surface area contributed by atoms with Crippen molar-refractivity contribution >= 4 is 29.0 Å². The van der Waals surface area contributed by atoms with Crippen molar-refractivity contribution in [2.75, 3.05) is 26.9 Å². The van der Waals surface area contributed by atoms with E-state index >= 15 is 0 Å². The minimum atomic E-state index is -0.224. The van der Waals surface area contributed by atoms with E-state index < -0.39 is 0 Å². The summed E-state index contributed by atoms with van der Waals surface area (Å²) in [7, 11) is 1.60. The lowest BCUT2D eigenvalue weighted by Crippen LogP contribution is -2.40. The zero-order chi connectivity index (χ0) is 16.1. The van der Waals surface area contributed by atoms with Gasteiger partial charge < -0.3 is 4.74 Å². The quantitative estimate of drug-likeness (QED) is 0.754. The highest BCUT2D eigenvalue weighted by Crippen LogP contribution is 2.32. The van der Waals surface area contributed by atoms with Crippen molar-refractivity contribution in [3.63, 3.8) is 0 Å². The smallest absolute Gasteiger partial charge is 0.294 e. The molecule has 0 aliphatic carbocycles. The largest absolute Gasteiger partial charge is 0.497 e. The Morgan fingerprint density at radius 2 is 1.82 bits per heavy atom. The van der Waals surface area contributed by atoms with E-state index in [2.05, 4.69) is 0 Å². The molecule has 118 valence electrons. The van der Waals surface area contributed by atoms with Gasteiger partial charge in [0.1, 0.15) is 5.75 Å². The molecule has 1 aliphatic rings. The number of amides is 2. The first kappa shape index (κ1) is 16.6. The third-order valence-corrected chi connectivity index (χ3v) is 4.43. The van der Waals surface area contributed by atoms with Crippen molar-refractivity contribution in [1.29, 1.82) is 0 Å². The first-order valence-corrected chi connectivity index (χ1v) is 8.02. The summed E-state index contributed by atoms with van der Waals surface area (Å²) in [5.41, 5.74) is 0.870. The van der Waals surface area contributed by atoms with Crippen molar-refractivity contribution < 1.29 is 14.3 Å². The molecule has 0 aromatic heterocycles. The van der Waals surface area contributed by atoms with Gasteiger partial charge in [0, 0.05) is 0 Å². The van der Waals surface area contributed by atoms with Crippen LogP contribution in [0.1, 0.15) is 19.4 Å². The average molecular weight is 320 g/mol. The van der Waals surface area contributed by atoms with Gasteiger partial charge in [0.25, 0.3) is 11.1 Å². The van der Waals surface area contributed by atoms with Crippen molar-refractivity contribution in [1.82, 2.24) is 9.80 Å². The second-order valence-electron chi connectivity index (χ2n) is 4.83. The number of nitrogens with zero attached hydrogens (tertiary/aromatic N) is 2. The molecule has 1 saturated heterocycles. The molecule has 0 atom stereocenters. The van der Waals surface area contributed by atoms with Crippen LogP contribution in [0.15, 0.2) is 29.2 Å². The summed E-state index contributed by atoms with van der Waals surface area (Å²) >= 11 is 0.990. The summed E-state index contributed by atoms with van der Waals surface area (Å²) in [5, 5.41) is -0.211. The number of hydrogen-bond acceptors (Lipinski definition) is 5. The highest BCUT2D eigenvalue weighted by atomic mass is 32.2. The zero-order valence-corrected chi connectivity index (χ0v) is 13.9. The van der Waals surface area contributed by atoms with Gasteiger partial charge >= 0.3 is 0 Å². The van der Waals surface area contributed by atoms with Gasteiger partial charge in [-0.2, -0.15) is 0 Å². The van der Waals surface area contributed by atoms with Crippen LogP contribution in [0, 0.1) is 0 Å². The number of ether oxygens (including phenoxy) is 1. The highest BCUT2D eigenvalue weighted by Gasteiger charge is 2.35. The summed E-state index contributed by atoms with van der Waals surface area (Å²) in [4.78, 5) is 28.2. The molecule has 0 spiro atoms. The summed E-state index contributed by atoms with van der Waals surface area (Å²) in [6.07, 6.45) is 1.74. The highest BCUT2D eigenvalue weighted by molar-refractivity contribution is 8.18. The SMILES string of the molecule is CCN(CC)CN1C(=O)S/C(=C/c2ccc(OC)cc2)C1=O. The first-order chi connectivity index (χ1) is 10.6. The molecular weight excluding hydrogens is 300 g/mol. The molecule has 1 heterocycles. The average Bonchev–Trinajstić information content (AvgIpc) is 2.80. The van der Waals surface area contributed by atoms with Gasteiger partial charge in [0.2, 0.25) is 0 Å². The molecule has 0 radical (unpaired) electrons. The minimum Gasteiger partial charge on any atom is -0.497 e. The third kappa shape index (κ3) is 3.69. The Morgan fingerprint density at radius 3 is 2.36 bits per heavy atom. The van der Waals surface area contributed by atoms with Gasteiger partial charge in [-0.05, 0) is 48.6 Å². The molecule has 2 rings (SSSR count). The molecule has 0 N–H and O–H groups in total. The summed E-state index contributed by atoms with van der Waals surface area (Å²) < 4.78 is 5.10. The molecule has 0 bridgehead atoms. The number of carbonyl (C=O) groups is 2. The maximum atomic E-state index is 12.4. The van der Waals surface area contributed by atoms with Gasteiger partial charge in [0.05, 0.1) is 18.7 Å². The van der Waals surface area contributed by atoms with Crippen LogP contribution < -0.4 is 4.74 Å². The fourth-order valence-electron chi connectivity index (χ4n) is 2.10. The van der Waals surface area contributed by atoms with Gasteiger partial charge in [-0.25, -0.2) is 0 Å². The van der Waals surface area contributed by atoms with Crippen LogP contribution in [-0.4, -0.2) is 47.8 Å². The topological polar surface area (TPSA) is 49.9 Å².